The molecule has 4 nitrogen and oxygen atoms in total. The van der Waals surface area contributed by atoms with E-state index in [9.17, 15) is 9.90 Å². The number of carbonyl (C=O) groups is 1. The van der Waals surface area contributed by atoms with E-state index < -0.39 is 6.04 Å². The van der Waals surface area contributed by atoms with Gasteiger partial charge >= 0.3 is 0 Å². The predicted octanol–water partition coefficient (Wildman–Crippen LogP) is 5.64. The SMILES string of the molecule is CCCCC(=O)N[C@@H](c1ccc(Cl)cc1Cl)c1ccc2cccnc2c1O. The number of fused-ring (bicyclic) bond motifs is 1. The lowest BCUT2D eigenvalue weighted by molar-refractivity contribution is -0.121. The Kier molecular flexibility index (Phi) is 6.19. The standard InChI is InChI=1S/C21H20Cl2N2O2/c1-2-3-6-18(26)25-20(15-10-8-14(22)12-17(15)23)16-9-7-13-5-4-11-24-19(13)21(16)27/h4-5,7-12,20,27H,2-3,6H2,1H3,(H,25,26)/t20-/m0/s1. The first-order valence-electron chi connectivity index (χ1n) is 8.82. The molecule has 0 unspecified atom stereocenters. The molecule has 0 fully saturated rings. The number of unbranched alkanes of at least 4 members (excludes halogenated alkanes) is 1. The molecule has 0 saturated heterocycles. The summed E-state index contributed by atoms with van der Waals surface area (Å²) in [7, 11) is 0. The fourth-order valence-corrected chi connectivity index (χ4v) is 3.52. The van der Waals surface area contributed by atoms with Crippen molar-refractivity contribution < 1.29 is 9.90 Å². The van der Waals surface area contributed by atoms with Crippen LogP contribution < -0.4 is 5.32 Å². The van der Waals surface area contributed by atoms with Gasteiger partial charge in [0.2, 0.25) is 5.91 Å². The molecular weight excluding hydrogens is 383 g/mol. The van der Waals surface area contributed by atoms with Gasteiger partial charge in [-0.25, -0.2) is 0 Å². The Morgan fingerprint density at radius 1 is 1.19 bits per heavy atom. The molecule has 0 bridgehead atoms. The molecule has 0 spiro atoms. The van der Waals surface area contributed by atoms with E-state index in [-0.39, 0.29) is 11.7 Å². The summed E-state index contributed by atoms with van der Waals surface area (Å²) in [5.41, 5.74) is 1.68. The van der Waals surface area contributed by atoms with Crippen molar-refractivity contribution in [1.29, 1.82) is 0 Å². The van der Waals surface area contributed by atoms with E-state index in [1.165, 1.54) is 0 Å². The van der Waals surface area contributed by atoms with Gasteiger partial charge in [-0.05, 0) is 30.2 Å². The van der Waals surface area contributed by atoms with Gasteiger partial charge in [0.15, 0.2) is 0 Å². The second-order valence-corrected chi connectivity index (χ2v) is 7.19. The molecule has 2 aromatic carbocycles. The molecule has 0 aliphatic rings. The first-order valence-corrected chi connectivity index (χ1v) is 9.57. The number of aromatic hydroxyl groups is 1. The van der Waals surface area contributed by atoms with Gasteiger partial charge in [-0.1, -0.05) is 60.8 Å². The molecule has 1 atom stereocenters. The maximum atomic E-state index is 12.4. The minimum Gasteiger partial charge on any atom is -0.505 e. The fourth-order valence-electron chi connectivity index (χ4n) is 3.01. The molecule has 1 amide bonds. The van der Waals surface area contributed by atoms with Crippen molar-refractivity contribution >= 4 is 40.0 Å². The molecule has 140 valence electrons. The third-order valence-electron chi connectivity index (χ3n) is 4.43. The van der Waals surface area contributed by atoms with Crippen molar-refractivity contribution in [2.75, 3.05) is 0 Å². The molecule has 27 heavy (non-hydrogen) atoms. The molecule has 1 aromatic heterocycles. The maximum Gasteiger partial charge on any atom is 0.220 e. The molecule has 1 heterocycles. The van der Waals surface area contributed by atoms with E-state index in [1.807, 2.05) is 25.1 Å². The van der Waals surface area contributed by atoms with Crippen LogP contribution in [0.4, 0.5) is 0 Å². The van der Waals surface area contributed by atoms with Crippen LogP contribution >= 0.6 is 23.2 Å². The van der Waals surface area contributed by atoms with Crippen LogP contribution in [0.5, 0.6) is 5.75 Å². The molecule has 3 aromatic rings. The molecular formula is C21H20Cl2N2O2. The molecule has 0 radical (unpaired) electrons. The van der Waals surface area contributed by atoms with Crippen LogP contribution in [-0.4, -0.2) is 16.0 Å². The van der Waals surface area contributed by atoms with Gasteiger partial charge in [-0.15, -0.1) is 0 Å². The predicted molar refractivity (Wildman–Crippen MR) is 109 cm³/mol. The molecule has 2 N–H and O–H groups in total. The Bertz CT molecular complexity index is 976. The van der Waals surface area contributed by atoms with Crippen molar-refractivity contribution in [3.63, 3.8) is 0 Å². The van der Waals surface area contributed by atoms with Crippen molar-refractivity contribution in [2.45, 2.75) is 32.2 Å². The third kappa shape index (κ3) is 4.34. The molecule has 0 aliphatic heterocycles. The number of pyridine rings is 1. The Morgan fingerprint density at radius 3 is 2.70 bits per heavy atom. The van der Waals surface area contributed by atoms with E-state index in [4.69, 9.17) is 23.2 Å². The van der Waals surface area contributed by atoms with Gasteiger partial charge in [0.25, 0.3) is 0 Å². The van der Waals surface area contributed by atoms with E-state index in [2.05, 4.69) is 10.3 Å². The number of rotatable bonds is 6. The smallest absolute Gasteiger partial charge is 0.220 e. The van der Waals surface area contributed by atoms with Crippen LogP contribution in [0.25, 0.3) is 10.9 Å². The summed E-state index contributed by atoms with van der Waals surface area (Å²) in [6.45, 7) is 2.03. The van der Waals surface area contributed by atoms with E-state index in [0.717, 1.165) is 18.2 Å². The summed E-state index contributed by atoms with van der Waals surface area (Å²) in [6, 6.07) is 11.8. The van der Waals surface area contributed by atoms with Gasteiger partial charge in [-0.3, -0.25) is 9.78 Å². The van der Waals surface area contributed by atoms with Crippen molar-refractivity contribution in [3.8, 4) is 5.75 Å². The van der Waals surface area contributed by atoms with E-state index >= 15 is 0 Å². The topological polar surface area (TPSA) is 62.2 Å². The zero-order chi connectivity index (χ0) is 19.4. The second kappa shape index (κ2) is 8.59. The quantitative estimate of drug-likeness (QED) is 0.560. The average molecular weight is 403 g/mol. The number of phenolic OH excluding ortho intramolecular Hbond substituents is 1. The van der Waals surface area contributed by atoms with E-state index in [0.29, 0.717) is 33.1 Å². The van der Waals surface area contributed by atoms with Gasteiger partial charge in [0, 0.05) is 33.6 Å². The normalized spacial score (nSPS) is 12.1. The zero-order valence-corrected chi connectivity index (χ0v) is 16.4. The van der Waals surface area contributed by atoms with Gasteiger partial charge < -0.3 is 10.4 Å². The third-order valence-corrected chi connectivity index (χ3v) is 4.99. The number of nitrogens with zero attached hydrogens (tertiary/aromatic N) is 1. The fraction of sp³-hybridized carbons (Fsp3) is 0.238. The summed E-state index contributed by atoms with van der Waals surface area (Å²) >= 11 is 12.4. The van der Waals surface area contributed by atoms with Gasteiger partial charge in [0.1, 0.15) is 11.3 Å². The minimum atomic E-state index is -0.606. The molecule has 0 saturated carbocycles. The lowest BCUT2D eigenvalue weighted by Gasteiger charge is -2.22. The molecule has 6 heteroatoms. The summed E-state index contributed by atoms with van der Waals surface area (Å²) in [6.07, 6.45) is 3.74. The first-order chi connectivity index (χ1) is 13.0. The molecule has 0 aliphatic carbocycles. The summed E-state index contributed by atoms with van der Waals surface area (Å²) in [5.74, 6) is -0.0757. The van der Waals surface area contributed by atoms with Gasteiger partial charge in [0.05, 0.1) is 6.04 Å². The Hall–Kier alpha value is -2.30. The van der Waals surface area contributed by atoms with Crippen LogP contribution in [0, 0.1) is 0 Å². The van der Waals surface area contributed by atoms with Crippen LogP contribution in [0.2, 0.25) is 10.0 Å². The number of aromatic nitrogens is 1. The van der Waals surface area contributed by atoms with Crippen LogP contribution in [0.15, 0.2) is 48.7 Å². The lowest BCUT2D eigenvalue weighted by atomic mass is 9.96. The summed E-state index contributed by atoms with van der Waals surface area (Å²) in [5, 5.41) is 15.6. The maximum absolute atomic E-state index is 12.4. The highest BCUT2D eigenvalue weighted by Crippen LogP contribution is 2.37. The Morgan fingerprint density at radius 2 is 1.96 bits per heavy atom. The highest BCUT2D eigenvalue weighted by atomic mass is 35.5. The second-order valence-electron chi connectivity index (χ2n) is 6.35. The number of phenols is 1. The Labute approximate surface area is 168 Å². The summed E-state index contributed by atoms with van der Waals surface area (Å²) in [4.78, 5) is 16.7. The lowest BCUT2D eigenvalue weighted by Crippen LogP contribution is -2.29. The number of halogens is 2. The largest absolute Gasteiger partial charge is 0.505 e. The average Bonchev–Trinajstić information content (AvgIpc) is 2.66. The van der Waals surface area contributed by atoms with E-state index in [1.54, 1.807) is 30.5 Å². The number of hydrogen-bond donors (Lipinski definition) is 2. The zero-order valence-electron chi connectivity index (χ0n) is 14.9. The highest BCUT2D eigenvalue weighted by molar-refractivity contribution is 6.35. The summed E-state index contributed by atoms with van der Waals surface area (Å²) < 4.78 is 0. The van der Waals surface area contributed by atoms with Crippen molar-refractivity contribution in [1.82, 2.24) is 10.3 Å². The van der Waals surface area contributed by atoms with Crippen LogP contribution in [-0.2, 0) is 4.79 Å². The van der Waals surface area contributed by atoms with Crippen molar-refractivity contribution in [3.05, 3.63) is 69.8 Å². The van der Waals surface area contributed by atoms with Crippen LogP contribution in [0.1, 0.15) is 43.4 Å². The van der Waals surface area contributed by atoms with Gasteiger partial charge in [-0.2, -0.15) is 0 Å². The number of carbonyl (C=O) groups excluding carboxylic acids is 1. The number of amides is 1. The number of nitrogens with one attached hydrogen (secondary N) is 1. The first kappa shape index (κ1) is 19.5. The number of hydrogen-bond acceptors (Lipinski definition) is 3. The van der Waals surface area contributed by atoms with Crippen LogP contribution in [0.3, 0.4) is 0 Å². The Balaban J connectivity index is 2.09. The highest BCUT2D eigenvalue weighted by Gasteiger charge is 2.23. The van der Waals surface area contributed by atoms with Crippen molar-refractivity contribution in [2.24, 2.45) is 0 Å². The minimum absolute atomic E-state index is 0.0277. The number of benzene rings is 2. The molecule has 3 rings (SSSR count). The monoisotopic (exact) mass is 402 g/mol.